The number of carbonyl (C=O) groups is 1. The molecule has 1 fully saturated rings. The Morgan fingerprint density at radius 2 is 1.88 bits per heavy atom. The van der Waals surface area contributed by atoms with Crippen molar-refractivity contribution in [3.63, 3.8) is 0 Å². The van der Waals surface area contributed by atoms with E-state index in [0.29, 0.717) is 26.3 Å². The van der Waals surface area contributed by atoms with Crippen molar-refractivity contribution in [3.8, 4) is 0 Å². The molecule has 0 atom stereocenters. The van der Waals surface area contributed by atoms with Gasteiger partial charge in [-0.25, -0.2) is 4.79 Å². The van der Waals surface area contributed by atoms with Crippen LogP contribution in [0.15, 0.2) is 18.5 Å². The molecule has 1 amide bonds. The molecule has 0 aromatic carbocycles. The van der Waals surface area contributed by atoms with E-state index in [0.717, 1.165) is 11.1 Å². The lowest BCUT2D eigenvalue weighted by molar-refractivity contribution is -0.869. The van der Waals surface area contributed by atoms with Gasteiger partial charge in [0.15, 0.2) is 0 Å². The summed E-state index contributed by atoms with van der Waals surface area (Å²) in [5.74, 6) is 0. The first kappa shape index (κ1) is 11.9. The maximum atomic E-state index is 11.8. The van der Waals surface area contributed by atoms with E-state index in [4.69, 9.17) is 9.57 Å². The third-order valence-corrected chi connectivity index (χ3v) is 2.57. The van der Waals surface area contributed by atoms with E-state index in [1.165, 1.54) is 4.73 Å². The van der Waals surface area contributed by atoms with Crippen molar-refractivity contribution >= 4 is 6.09 Å². The van der Waals surface area contributed by atoms with Gasteiger partial charge in [-0.05, 0) is 19.9 Å². The second-order valence-electron chi connectivity index (χ2n) is 4.21. The van der Waals surface area contributed by atoms with Crippen LogP contribution >= 0.6 is 0 Å². The Balaban J connectivity index is 2.01. The summed E-state index contributed by atoms with van der Waals surface area (Å²) in [6, 6.07) is 2.03. The number of hydrogen-bond acceptors (Lipinski definition) is 3. The van der Waals surface area contributed by atoms with Crippen molar-refractivity contribution in [2.45, 2.75) is 13.8 Å². The topological polar surface area (TPSA) is 42.7 Å². The van der Waals surface area contributed by atoms with Crippen LogP contribution in [0, 0.1) is 13.8 Å². The van der Waals surface area contributed by atoms with Gasteiger partial charge >= 0.3 is 6.09 Å². The lowest BCUT2D eigenvalue weighted by atomic mass is 10.2. The minimum absolute atomic E-state index is 0.330. The molecule has 0 bridgehead atoms. The van der Waals surface area contributed by atoms with Gasteiger partial charge in [-0.3, -0.25) is 4.90 Å². The van der Waals surface area contributed by atoms with Crippen molar-refractivity contribution in [2.24, 2.45) is 0 Å². The van der Waals surface area contributed by atoms with Crippen LogP contribution in [0.5, 0.6) is 0 Å². The lowest BCUT2D eigenvalue weighted by Crippen LogP contribution is -2.53. The first-order valence-electron chi connectivity index (χ1n) is 5.70. The molecule has 17 heavy (non-hydrogen) atoms. The van der Waals surface area contributed by atoms with Crippen LogP contribution < -0.4 is 9.57 Å². The van der Waals surface area contributed by atoms with Gasteiger partial charge in [0.2, 0.25) is 12.4 Å². The molecular formula is C12H17N2O3+. The van der Waals surface area contributed by atoms with Gasteiger partial charge in [0.1, 0.15) is 0 Å². The molecule has 1 aromatic heterocycles. The van der Waals surface area contributed by atoms with E-state index in [-0.39, 0.29) is 6.09 Å². The summed E-state index contributed by atoms with van der Waals surface area (Å²) in [7, 11) is 0. The second kappa shape index (κ2) is 5.14. The fraction of sp³-hybridized carbons (Fsp3) is 0.500. The summed E-state index contributed by atoms with van der Waals surface area (Å²) in [5.41, 5.74) is 2.11. The predicted octanol–water partition coefficient (Wildman–Crippen LogP) is 0.472. The first-order chi connectivity index (χ1) is 8.15. The molecule has 0 unspecified atom stereocenters. The van der Waals surface area contributed by atoms with Crippen LogP contribution in [-0.2, 0) is 4.74 Å². The monoisotopic (exact) mass is 237 g/mol. The number of rotatable bonds is 1. The standard InChI is InChI=1S/C12H17N2O3/c1-10-7-11(2)9-14(8-10)17-12(15)13-3-5-16-6-4-13/h7-9H,3-6H2,1-2H3/q+1. The van der Waals surface area contributed by atoms with Gasteiger partial charge in [-0.2, -0.15) is 4.84 Å². The molecule has 5 heteroatoms. The lowest BCUT2D eigenvalue weighted by Gasteiger charge is -2.23. The Morgan fingerprint density at radius 3 is 2.47 bits per heavy atom. The van der Waals surface area contributed by atoms with Crippen LogP contribution in [-0.4, -0.2) is 37.3 Å². The van der Waals surface area contributed by atoms with Crippen LogP contribution in [0.1, 0.15) is 11.1 Å². The van der Waals surface area contributed by atoms with E-state index in [1.807, 2.05) is 19.9 Å². The smallest absolute Gasteiger partial charge is 0.378 e. The van der Waals surface area contributed by atoms with Crippen molar-refractivity contribution < 1.29 is 19.1 Å². The molecule has 1 aliphatic heterocycles. The molecule has 2 heterocycles. The van der Waals surface area contributed by atoms with E-state index >= 15 is 0 Å². The Labute approximate surface area is 101 Å². The zero-order chi connectivity index (χ0) is 12.3. The molecule has 1 aliphatic rings. The molecule has 2 rings (SSSR count). The summed E-state index contributed by atoms with van der Waals surface area (Å²) in [4.78, 5) is 18.7. The first-order valence-corrected chi connectivity index (χ1v) is 5.70. The molecule has 1 aromatic rings. The average Bonchev–Trinajstić information content (AvgIpc) is 2.28. The number of morpholine rings is 1. The average molecular weight is 237 g/mol. The fourth-order valence-corrected chi connectivity index (χ4v) is 1.82. The summed E-state index contributed by atoms with van der Waals surface area (Å²) < 4.78 is 6.64. The highest BCUT2D eigenvalue weighted by atomic mass is 16.7. The minimum atomic E-state index is -0.330. The SMILES string of the molecule is Cc1cc(C)c[n+](OC(=O)N2CCOCC2)c1. The van der Waals surface area contributed by atoms with Gasteiger partial charge in [-0.1, -0.05) is 0 Å². The van der Waals surface area contributed by atoms with Crippen molar-refractivity contribution in [1.29, 1.82) is 0 Å². The summed E-state index contributed by atoms with van der Waals surface area (Å²) in [5, 5.41) is 0. The highest BCUT2D eigenvalue weighted by Crippen LogP contribution is 1.99. The summed E-state index contributed by atoms with van der Waals surface area (Å²) in [6.45, 7) is 6.26. The number of pyridine rings is 1. The zero-order valence-corrected chi connectivity index (χ0v) is 10.2. The van der Waals surface area contributed by atoms with Gasteiger partial charge in [0, 0.05) is 28.9 Å². The maximum Gasteiger partial charge on any atom is 0.478 e. The zero-order valence-electron chi connectivity index (χ0n) is 10.2. The normalized spacial score (nSPS) is 15.8. The largest absolute Gasteiger partial charge is 0.478 e. The number of aryl methyl sites for hydroxylation is 2. The van der Waals surface area contributed by atoms with E-state index in [1.54, 1.807) is 17.3 Å². The van der Waals surface area contributed by atoms with Crippen molar-refractivity contribution in [3.05, 3.63) is 29.6 Å². The molecule has 1 saturated heterocycles. The fourth-order valence-electron chi connectivity index (χ4n) is 1.82. The quantitative estimate of drug-likeness (QED) is 0.667. The van der Waals surface area contributed by atoms with Gasteiger partial charge < -0.3 is 4.74 Å². The number of ether oxygens (including phenoxy) is 1. The molecular weight excluding hydrogens is 220 g/mol. The van der Waals surface area contributed by atoms with Crippen molar-refractivity contribution in [2.75, 3.05) is 26.3 Å². The van der Waals surface area contributed by atoms with Gasteiger partial charge in [0.25, 0.3) is 0 Å². The number of nitrogens with zero attached hydrogens (tertiary/aromatic N) is 2. The Hall–Kier alpha value is -1.62. The van der Waals surface area contributed by atoms with Gasteiger partial charge in [-0.15, -0.1) is 0 Å². The third-order valence-electron chi connectivity index (χ3n) is 2.57. The maximum absolute atomic E-state index is 11.8. The third kappa shape index (κ3) is 3.17. The highest BCUT2D eigenvalue weighted by Gasteiger charge is 2.22. The molecule has 0 saturated carbocycles. The Bertz CT molecular complexity index is 394. The van der Waals surface area contributed by atoms with Crippen LogP contribution in [0.25, 0.3) is 0 Å². The Kier molecular flexibility index (Phi) is 3.58. The van der Waals surface area contributed by atoms with E-state index < -0.39 is 0 Å². The predicted molar refractivity (Wildman–Crippen MR) is 60.5 cm³/mol. The summed E-state index contributed by atoms with van der Waals surface area (Å²) in [6.07, 6.45) is 3.24. The molecule has 92 valence electrons. The number of carbonyl (C=O) groups excluding carboxylic acids is 1. The molecule has 0 aliphatic carbocycles. The number of amides is 1. The van der Waals surface area contributed by atoms with Gasteiger partial charge in [0.05, 0.1) is 13.2 Å². The Morgan fingerprint density at radius 1 is 1.29 bits per heavy atom. The molecule has 0 radical (unpaired) electrons. The number of hydrogen-bond donors (Lipinski definition) is 0. The molecule has 5 nitrogen and oxygen atoms in total. The van der Waals surface area contributed by atoms with Crippen LogP contribution in [0.4, 0.5) is 4.79 Å². The van der Waals surface area contributed by atoms with Crippen LogP contribution in [0.3, 0.4) is 0 Å². The molecule has 0 spiro atoms. The number of aromatic nitrogens is 1. The second-order valence-corrected chi connectivity index (χ2v) is 4.21. The van der Waals surface area contributed by atoms with E-state index in [9.17, 15) is 4.79 Å². The minimum Gasteiger partial charge on any atom is -0.378 e. The summed E-state index contributed by atoms with van der Waals surface area (Å²) >= 11 is 0. The molecule has 0 N–H and O–H groups in total. The van der Waals surface area contributed by atoms with Crippen molar-refractivity contribution in [1.82, 2.24) is 4.90 Å². The highest BCUT2D eigenvalue weighted by molar-refractivity contribution is 5.67. The van der Waals surface area contributed by atoms with E-state index in [2.05, 4.69) is 0 Å². The van der Waals surface area contributed by atoms with Crippen LogP contribution in [0.2, 0.25) is 0 Å².